The predicted molar refractivity (Wildman–Crippen MR) is 59.4 cm³/mol. The quantitative estimate of drug-likeness (QED) is 0.760. The van der Waals surface area contributed by atoms with Crippen LogP contribution < -0.4 is 4.72 Å². The Kier molecular flexibility index (Phi) is 3.81. The summed E-state index contributed by atoms with van der Waals surface area (Å²) >= 11 is 0. The van der Waals surface area contributed by atoms with Gasteiger partial charge in [-0.15, -0.1) is 0 Å². The maximum Gasteiger partial charge on any atom is 0.328 e. The highest BCUT2D eigenvalue weighted by Gasteiger charge is 2.10. The average molecular weight is 241 g/mol. The lowest BCUT2D eigenvalue weighted by Gasteiger charge is -2.02. The van der Waals surface area contributed by atoms with Gasteiger partial charge in [-0.1, -0.05) is 12.1 Å². The minimum atomic E-state index is -3.49. The fourth-order valence-corrected chi connectivity index (χ4v) is 1.86. The van der Waals surface area contributed by atoms with Crippen LogP contribution in [0.5, 0.6) is 0 Å². The van der Waals surface area contributed by atoms with Gasteiger partial charge in [0.15, 0.2) is 0 Å². The number of carbonyl (C=O) groups is 1. The molecule has 0 aromatic heterocycles. The van der Waals surface area contributed by atoms with Crippen LogP contribution in [-0.4, -0.2) is 26.5 Å². The summed E-state index contributed by atoms with van der Waals surface area (Å²) in [6.07, 6.45) is 2.28. The Bertz CT molecular complexity index is 519. The molecule has 0 spiro atoms. The Morgan fingerprint density at radius 1 is 1.44 bits per heavy atom. The molecule has 2 N–H and O–H groups in total. The van der Waals surface area contributed by atoms with Crippen molar-refractivity contribution in [2.24, 2.45) is 0 Å². The summed E-state index contributed by atoms with van der Waals surface area (Å²) in [6, 6.07) is 6.00. The summed E-state index contributed by atoms with van der Waals surface area (Å²) < 4.78 is 25.1. The van der Waals surface area contributed by atoms with Crippen LogP contribution in [0, 0.1) is 0 Å². The van der Waals surface area contributed by atoms with Gasteiger partial charge in [0.25, 0.3) is 0 Å². The van der Waals surface area contributed by atoms with E-state index in [1.807, 2.05) is 0 Å². The molecule has 0 aliphatic heterocycles. The van der Waals surface area contributed by atoms with Gasteiger partial charge in [0.2, 0.25) is 10.0 Å². The minimum absolute atomic E-state index is 0.0996. The van der Waals surface area contributed by atoms with Gasteiger partial charge in [0.05, 0.1) is 4.90 Å². The number of nitrogens with one attached hydrogen (secondary N) is 1. The standard InChI is InChI=1S/C10H11NO4S/c1-11-16(14,15)9-4-2-3-8(7-9)5-6-10(12)13/h2-7,11H,1H3,(H,12,13)/b6-5+. The van der Waals surface area contributed by atoms with E-state index in [0.717, 1.165) is 6.08 Å². The van der Waals surface area contributed by atoms with E-state index in [4.69, 9.17) is 5.11 Å². The molecule has 0 aliphatic carbocycles. The topological polar surface area (TPSA) is 83.5 Å². The van der Waals surface area contributed by atoms with Gasteiger partial charge >= 0.3 is 5.97 Å². The molecule has 0 saturated carbocycles. The fraction of sp³-hybridized carbons (Fsp3) is 0.100. The molecule has 0 atom stereocenters. The van der Waals surface area contributed by atoms with E-state index in [1.54, 1.807) is 12.1 Å². The molecule has 86 valence electrons. The van der Waals surface area contributed by atoms with Crippen LogP contribution in [0.3, 0.4) is 0 Å². The maximum absolute atomic E-state index is 11.4. The molecular weight excluding hydrogens is 230 g/mol. The van der Waals surface area contributed by atoms with Gasteiger partial charge in [-0.3, -0.25) is 0 Å². The molecule has 0 saturated heterocycles. The third-order valence-corrected chi connectivity index (χ3v) is 3.27. The summed E-state index contributed by atoms with van der Waals surface area (Å²) in [4.78, 5) is 10.4. The highest BCUT2D eigenvalue weighted by Crippen LogP contribution is 2.12. The molecule has 16 heavy (non-hydrogen) atoms. The van der Waals surface area contributed by atoms with E-state index < -0.39 is 16.0 Å². The Labute approximate surface area is 93.5 Å². The number of carboxylic acids is 1. The highest BCUT2D eigenvalue weighted by molar-refractivity contribution is 7.89. The summed E-state index contributed by atoms with van der Waals surface area (Å²) in [5.41, 5.74) is 0.513. The first-order chi connectivity index (χ1) is 7.45. The van der Waals surface area contributed by atoms with Gasteiger partial charge in [-0.05, 0) is 30.8 Å². The van der Waals surface area contributed by atoms with Gasteiger partial charge in [0.1, 0.15) is 0 Å². The molecule has 0 radical (unpaired) electrons. The molecule has 6 heteroatoms. The third-order valence-electron chi connectivity index (χ3n) is 1.86. The Balaban J connectivity index is 3.10. The molecule has 0 heterocycles. The van der Waals surface area contributed by atoms with E-state index in [2.05, 4.69) is 4.72 Å². The minimum Gasteiger partial charge on any atom is -0.478 e. The largest absolute Gasteiger partial charge is 0.478 e. The smallest absolute Gasteiger partial charge is 0.328 e. The monoisotopic (exact) mass is 241 g/mol. The molecule has 0 unspecified atom stereocenters. The summed E-state index contributed by atoms with van der Waals surface area (Å²) in [5, 5.41) is 8.43. The second kappa shape index (κ2) is 4.91. The number of sulfonamides is 1. The van der Waals surface area contributed by atoms with E-state index in [9.17, 15) is 13.2 Å². The van der Waals surface area contributed by atoms with Crippen molar-refractivity contribution in [2.75, 3.05) is 7.05 Å². The van der Waals surface area contributed by atoms with Crippen molar-refractivity contribution in [3.63, 3.8) is 0 Å². The molecule has 5 nitrogen and oxygen atoms in total. The highest BCUT2D eigenvalue weighted by atomic mass is 32.2. The van der Waals surface area contributed by atoms with Crippen LogP contribution in [0.4, 0.5) is 0 Å². The number of rotatable bonds is 4. The van der Waals surface area contributed by atoms with Crippen molar-refractivity contribution >= 4 is 22.1 Å². The fourth-order valence-electron chi connectivity index (χ4n) is 1.07. The Morgan fingerprint density at radius 2 is 2.12 bits per heavy atom. The van der Waals surface area contributed by atoms with Crippen molar-refractivity contribution in [1.29, 1.82) is 0 Å². The molecule has 0 fully saturated rings. The number of carboxylic acid groups (broad SMARTS) is 1. The van der Waals surface area contributed by atoms with Gasteiger partial charge in [0, 0.05) is 6.08 Å². The maximum atomic E-state index is 11.4. The normalized spacial score (nSPS) is 11.8. The molecule has 1 aromatic rings. The van der Waals surface area contributed by atoms with Crippen LogP contribution in [0.1, 0.15) is 5.56 Å². The first-order valence-electron chi connectivity index (χ1n) is 4.40. The number of hydrogen-bond acceptors (Lipinski definition) is 3. The second-order valence-corrected chi connectivity index (χ2v) is 4.84. The first-order valence-corrected chi connectivity index (χ1v) is 5.88. The van der Waals surface area contributed by atoms with Crippen molar-refractivity contribution in [3.8, 4) is 0 Å². The lowest BCUT2D eigenvalue weighted by atomic mass is 10.2. The Morgan fingerprint density at radius 3 is 2.69 bits per heavy atom. The van der Waals surface area contributed by atoms with Crippen molar-refractivity contribution in [2.45, 2.75) is 4.90 Å². The van der Waals surface area contributed by atoms with Crippen molar-refractivity contribution in [1.82, 2.24) is 4.72 Å². The van der Waals surface area contributed by atoms with E-state index >= 15 is 0 Å². The zero-order valence-electron chi connectivity index (χ0n) is 8.54. The van der Waals surface area contributed by atoms with Crippen LogP contribution in [0.15, 0.2) is 35.2 Å². The van der Waals surface area contributed by atoms with E-state index in [1.165, 1.54) is 25.3 Å². The zero-order chi connectivity index (χ0) is 12.2. The molecule has 0 bridgehead atoms. The second-order valence-electron chi connectivity index (χ2n) is 2.95. The number of benzene rings is 1. The van der Waals surface area contributed by atoms with Crippen molar-refractivity contribution in [3.05, 3.63) is 35.9 Å². The molecule has 1 rings (SSSR count). The molecule has 0 aliphatic rings. The van der Waals surface area contributed by atoms with Gasteiger partial charge < -0.3 is 5.11 Å². The average Bonchev–Trinajstić information content (AvgIpc) is 2.27. The number of hydrogen-bond donors (Lipinski definition) is 2. The molecule has 0 amide bonds. The lowest BCUT2D eigenvalue weighted by molar-refractivity contribution is -0.131. The number of aliphatic carboxylic acids is 1. The predicted octanol–water partition coefficient (Wildman–Crippen LogP) is 0.693. The lowest BCUT2D eigenvalue weighted by Crippen LogP contribution is -2.18. The van der Waals surface area contributed by atoms with Crippen LogP contribution in [0.25, 0.3) is 6.08 Å². The zero-order valence-corrected chi connectivity index (χ0v) is 9.36. The third kappa shape index (κ3) is 3.18. The van der Waals surface area contributed by atoms with Crippen LogP contribution >= 0.6 is 0 Å². The Hall–Kier alpha value is -1.66. The summed E-state index contributed by atoms with van der Waals surface area (Å²) in [6.45, 7) is 0. The van der Waals surface area contributed by atoms with Crippen LogP contribution in [-0.2, 0) is 14.8 Å². The summed E-state index contributed by atoms with van der Waals surface area (Å²) in [5.74, 6) is -1.08. The van der Waals surface area contributed by atoms with Gasteiger partial charge in [-0.25, -0.2) is 17.9 Å². The van der Waals surface area contributed by atoms with Crippen LogP contribution in [0.2, 0.25) is 0 Å². The first kappa shape index (κ1) is 12.4. The van der Waals surface area contributed by atoms with E-state index in [-0.39, 0.29) is 4.90 Å². The molecular formula is C10H11NO4S. The summed E-state index contributed by atoms with van der Waals surface area (Å²) in [7, 11) is -2.18. The van der Waals surface area contributed by atoms with E-state index in [0.29, 0.717) is 5.56 Å². The van der Waals surface area contributed by atoms with Gasteiger partial charge in [-0.2, -0.15) is 0 Å². The SMILES string of the molecule is CNS(=O)(=O)c1cccc(/C=C/C(=O)O)c1. The molecule has 1 aromatic carbocycles. The van der Waals surface area contributed by atoms with Crippen molar-refractivity contribution < 1.29 is 18.3 Å².